The van der Waals surface area contributed by atoms with Crippen LogP contribution in [0.15, 0.2) is 48.0 Å². The van der Waals surface area contributed by atoms with Crippen LogP contribution in [0.25, 0.3) is 0 Å². The first kappa shape index (κ1) is 21.7. The summed E-state index contributed by atoms with van der Waals surface area (Å²) in [6.07, 6.45) is 9.71. The van der Waals surface area contributed by atoms with Crippen LogP contribution in [0.1, 0.15) is 49.8 Å². The number of aliphatic imine (C=N–C) groups is 1. The van der Waals surface area contributed by atoms with Crippen molar-refractivity contribution in [3.8, 4) is 0 Å². The van der Waals surface area contributed by atoms with Gasteiger partial charge < -0.3 is 14.8 Å². The minimum atomic E-state index is 0. The number of likely N-dealkylation sites (tertiary alicyclic amines) is 1. The number of hydrogen-bond acceptors (Lipinski definition) is 2. The first-order valence-corrected chi connectivity index (χ1v) is 11.3. The van der Waals surface area contributed by atoms with Gasteiger partial charge in [-0.2, -0.15) is 0 Å². The van der Waals surface area contributed by atoms with E-state index < -0.39 is 0 Å². The SMILES string of the molecule is CCNC(=NCC1C2CCc3ccccc3C21)N1CCC(C)C(n2ccnc2)C1.I. The molecule has 2 aromatic rings. The molecule has 5 rings (SSSR count). The molecular formula is C24H34IN5. The molecule has 3 aliphatic rings. The number of piperidine rings is 1. The molecular weight excluding hydrogens is 485 g/mol. The highest BCUT2D eigenvalue weighted by molar-refractivity contribution is 14.0. The molecule has 30 heavy (non-hydrogen) atoms. The average Bonchev–Trinajstić information content (AvgIpc) is 3.19. The highest BCUT2D eigenvalue weighted by Gasteiger charge is 2.52. The van der Waals surface area contributed by atoms with Gasteiger partial charge in [0.15, 0.2) is 5.96 Å². The third-order valence-corrected chi connectivity index (χ3v) is 7.41. The zero-order valence-corrected chi connectivity index (χ0v) is 20.4. The molecule has 0 amide bonds. The number of benzene rings is 1. The molecule has 1 saturated heterocycles. The third-order valence-electron chi connectivity index (χ3n) is 7.41. The monoisotopic (exact) mass is 519 g/mol. The smallest absolute Gasteiger partial charge is 0.193 e. The van der Waals surface area contributed by atoms with Crippen LogP contribution in [-0.2, 0) is 6.42 Å². The highest BCUT2D eigenvalue weighted by atomic mass is 127. The lowest BCUT2D eigenvalue weighted by molar-refractivity contribution is 0.189. The predicted molar refractivity (Wildman–Crippen MR) is 132 cm³/mol. The molecule has 1 N–H and O–H groups in total. The summed E-state index contributed by atoms with van der Waals surface area (Å²) in [5, 5.41) is 3.57. The fourth-order valence-corrected chi connectivity index (χ4v) is 5.67. The van der Waals surface area contributed by atoms with Gasteiger partial charge >= 0.3 is 0 Å². The van der Waals surface area contributed by atoms with Crippen LogP contribution in [0.5, 0.6) is 0 Å². The number of nitrogens with zero attached hydrogens (tertiary/aromatic N) is 4. The zero-order chi connectivity index (χ0) is 19.8. The Morgan fingerprint density at radius 1 is 1.27 bits per heavy atom. The molecule has 1 aromatic heterocycles. The van der Waals surface area contributed by atoms with E-state index in [1.165, 1.54) is 19.3 Å². The summed E-state index contributed by atoms with van der Waals surface area (Å²) in [7, 11) is 0. The number of halogens is 1. The maximum absolute atomic E-state index is 5.14. The van der Waals surface area contributed by atoms with Crippen molar-refractivity contribution < 1.29 is 0 Å². The van der Waals surface area contributed by atoms with E-state index in [9.17, 15) is 0 Å². The van der Waals surface area contributed by atoms with Gasteiger partial charge in [0.05, 0.1) is 12.4 Å². The van der Waals surface area contributed by atoms with Gasteiger partial charge in [0, 0.05) is 38.6 Å². The third kappa shape index (κ3) is 4.12. The van der Waals surface area contributed by atoms with E-state index >= 15 is 0 Å². The van der Waals surface area contributed by atoms with Gasteiger partial charge in [0.1, 0.15) is 0 Å². The Labute approximate surface area is 197 Å². The summed E-state index contributed by atoms with van der Waals surface area (Å²) in [4.78, 5) is 11.9. The Bertz CT molecular complexity index is 864. The van der Waals surface area contributed by atoms with Crippen molar-refractivity contribution in [2.45, 2.75) is 45.1 Å². The number of aromatic nitrogens is 2. The molecule has 2 heterocycles. The molecule has 2 aliphatic carbocycles. The van der Waals surface area contributed by atoms with E-state index in [0.29, 0.717) is 12.0 Å². The molecule has 1 saturated carbocycles. The number of imidazole rings is 1. The lowest BCUT2D eigenvalue weighted by atomic mass is 9.92. The van der Waals surface area contributed by atoms with Crippen LogP contribution >= 0.6 is 24.0 Å². The minimum Gasteiger partial charge on any atom is -0.357 e. The Kier molecular flexibility index (Phi) is 6.70. The number of hydrogen-bond donors (Lipinski definition) is 1. The number of rotatable bonds is 4. The summed E-state index contributed by atoms with van der Waals surface area (Å²) < 4.78 is 2.27. The maximum Gasteiger partial charge on any atom is 0.193 e. The Balaban J connectivity index is 0.00000218. The summed E-state index contributed by atoms with van der Waals surface area (Å²) >= 11 is 0. The molecule has 5 atom stereocenters. The molecule has 162 valence electrons. The minimum absolute atomic E-state index is 0. The van der Waals surface area contributed by atoms with Crippen LogP contribution in [0.3, 0.4) is 0 Å². The molecule has 1 aliphatic heterocycles. The summed E-state index contributed by atoms with van der Waals surface area (Å²) in [6, 6.07) is 9.52. The average molecular weight is 519 g/mol. The topological polar surface area (TPSA) is 45.5 Å². The van der Waals surface area contributed by atoms with E-state index in [2.05, 4.69) is 64.1 Å². The zero-order valence-electron chi connectivity index (χ0n) is 18.1. The van der Waals surface area contributed by atoms with Crippen LogP contribution in [0, 0.1) is 17.8 Å². The van der Waals surface area contributed by atoms with Crippen LogP contribution < -0.4 is 5.32 Å². The van der Waals surface area contributed by atoms with Crippen molar-refractivity contribution in [1.29, 1.82) is 0 Å². The summed E-state index contributed by atoms with van der Waals surface area (Å²) in [5.41, 5.74) is 3.17. The van der Waals surface area contributed by atoms with Crippen molar-refractivity contribution in [3.05, 3.63) is 54.1 Å². The molecule has 5 nitrogen and oxygen atoms in total. The second-order valence-electron chi connectivity index (χ2n) is 9.07. The fourth-order valence-electron chi connectivity index (χ4n) is 5.67. The lowest BCUT2D eigenvalue weighted by Gasteiger charge is -2.39. The van der Waals surface area contributed by atoms with E-state index in [-0.39, 0.29) is 24.0 Å². The number of fused-ring (bicyclic) bond motifs is 3. The molecule has 5 unspecified atom stereocenters. The van der Waals surface area contributed by atoms with Crippen LogP contribution in [0.4, 0.5) is 0 Å². The quantitative estimate of drug-likeness (QED) is 0.372. The predicted octanol–water partition coefficient (Wildman–Crippen LogP) is 4.33. The second kappa shape index (κ2) is 9.28. The van der Waals surface area contributed by atoms with Crippen LogP contribution in [-0.4, -0.2) is 46.6 Å². The molecule has 0 bridgehead atoms. The highest BCUT2D eigenvalue weighted by Crippen LogP contribution is 2.59. The van der Waals surface area contributed by atoms with Gasteiger partial charge in [-0.25, -0.2) is 4.98 Å². The van der Waals surface area contributed by atoms with Gasteiger partial charge in [-0.3, -0.25) is 4.99 Å². The number of guanidine groups is 1. The molecule has 1 aromatic carbocycles. The van der Waals surface area contributed by atoms with Crippen LogP contribution in [0.2, 0.25) is 0 Å². The standard InChI is InChI=1S/C24H33N5.HI/c1-3-26-24(28-12-10-17(2)22(15-28)29-13-11-25-16-29)27-14-21-20-9-8-18-6-4-5-7-19(18)23(20)21;/h4-7,11,13,16-17,20-23H,3,8-10,12,14-15H2,1-2H3,(H,26,27);1H. The first-order chi connectivity index (χ1) is 14.3. The molecule has 2 fully saturated rings. The molecule has 0 radical (unpaired) electrons. The summed E-state index contributed by atoms with van der Waals surface area (Å²) in [6.45, 7) is 8.48. The maximum atomic E-state index is 5.14. The number of aryl methyl sites for hydroxylation is 1. The fraction of sp³-hybridized carbons (Fsp3) is 0.583. The van der Waals surface area contributed by atoms with Crippen molar-refractivity contribution in [2.24, 2.45) is 22.7 Å². The van der Waals surface area contributed by atoms with Crippen molar-refractivity contribution in [1.82, 2.24) is 19.8 Å². The second-order valence-corrected chi connectivity index (χ2v) is 9.07. The van der Waals surface area contributed by atoms with Gasteiger partial charge in [-0.05, 0) is 61.0 Å². The number of nitrogens with one attached hydrogen (secondary N) is 1. The molecule has 0 spiro atoms. The van der Waals surface area contributed by atoms with Crippen molar-refractivity contribution >= 4 is 29.9 Å². The largest absolute Gasteiger partial charge is 0.357 e. The molecule has 6 heteroatoms. The Morgan fingerprint density at radius 3 is 2.93 bits per heavy atom. The van der Waals surface area contributed by atoms with E-state index in [1.54, 1.807) is 11.1 Å². The van der Waals surface area contributed by atoms with Gasteiger partial charge in [-0.15, -0.1) is 24.0 Å². The van der Waals surface area contributed by atoms with Gasteiger partial charge in [0.25, 0.3) is 0 Å². The lowest BCUT2D eigenvalue weighted by Crippen LogP contribution is -2.49. The first-order valence-electron chi connectivity index (χ1n) is 11.3. The Hall–Kier alpha value is -1.57. The Morgan fingerprint density at radius 2 is 2.13 bits per heavy atom. The van der Waals surface area contributed by atoms with E-state index in [4.69, 9.17) is 4.99 Å². The van der Waals surface area contributed by atoms with Crippen molar-refractivity contribution in [2.75, 3.05) is 26.2 Å². The van der Waals surface area contributed by atoms with E-state index in [1.807, 2.05) is 12.5 Å². The normalized spacial score (nSPS) is 30.1. The van der Waals surface area contributed by atoms with Gasteiger partial charge in [0.2, 0.25) is 0 Å². The van der Waals surface area contributed by atoms with Gasteiger partial charge in [-0.1, -0.05) is 31.2 Å². The summed E-state index contributed by atoms with van der Waals surface area (Å²) in [5.74, 6) is 4.07. The van der Waals surface area contributed by atoms with E-state index in [0.717, 1.165) is 49.9 Å². The van der Waals surface area contributed by atoms with Crippen molar-refractivity contribution in [3.63, 3.8) is 0 Å².